The van der Waals surface area contributed by atoms with Gasteiger partial charge in [-0.05, 0) is 25.5 Å². The van der Waals surface area contributed by atoms with Crippen LogP contribution in [0.3, 0.4) is 0 Å². The summed E-state index contributed by atoms with van der Waals surface area (Å²) in [4.78, 5) is 0. The van der Waals surface area contributed by atoms with Gasteiger partial charge in [0.05, 0.1) is 17.2 Å². The van der Waals surface area contributed by atoms with E-state index < -0.39 is 5.60 Å². The third-order valence-corrected chi connectivity index (χ3v) is 3.04. The second-order valence-corrected chi connectivity index (χ2v) is 5.02. The van der Waals surface area contributed by atoms with Crippen LogP contribution >= 0.6 is 23.2 Å². The molecule has 3 nitrogen and oxygen atoms in total. The molecule has 1 aromatic rings. The van der Waals surface area contributed by atoms with E-state index in [9.17, 15) is 10.2 Å². The summed E-state index contributed by atoms with van der Waals surface area (Å²) >= 11 is 11.8. The molecule has 0 heterocycles. The molecule has 0 spiro atoms. The molecule has 1 rings (SSSR count). The lowest BCUT2D eigenvalue weighted by Gasteiger charge is -2.23. The van der Waals surface area contributed by atoms with Gasteiger partial charge in [0.15, 0.2) is 0 Å². The zero-order valence-corrected chi connectivity index (χ0v) is 11.3. The van der Waals surface area contributed by atoms with Gasteiger partial charge in [-0.25, -0.2) is 0 Å². The fourth-order valence-corrected chi connectivity index (χ4v) is 1.81. The maximum atomic E-state index is 9.84. The molecule has 96 valence electrons. The Labute approximate surface area is 111 Å². The van der Waals surface area contributed by atoms with E-state index in [0.29, 0.717) is 27.8 Å². The summed E-state index contributed by atoms with van der Waals surface area (Å²) < 4.78 is 5.47. The van der Waals surface area contributed by atoms with Crippen LogP contribution < -0.4 is 4.74 Å². The molecule has 0 saturated carbocycles. The first-order valence-corrected chi connectivity index (χ1v) is 6.09. The Hall–Kier alpha value is -0.480. The Morgan fingerprint density at radius 3 is 2.53 bits per heavy atom. The van der Waals surface area contributed by atoms with Crippen LogP contribution in [0.15, 0.2) is 12.1 Å². The molecule has 0 aromatic heterocycles. The molecular weight excluding hydrogens is 263 g/mol. The van der Waals surface area contributed by atoms with Crippen LogP contribution in [0.2, 0.25) is 10.0 Å². The smallest absolute Gasteiger partial charge is 0.143 e. The second kappa shape index (κ2) is 5.91. The van der Waals surface area contributed by atoms with E-state index in [1.807, 2.05) is 6.92 Å². The summed E-state index contributed by atoms with van der Waals surface area (Å²) in [7, 11) is 0. The number of benzene rings is 1. The fraction of sp³-hybridized carbons (Fsp3) is 0.500. The molecule has 0 radical (unpaired) electrons. The van der Waals surface area contributed by atoms with E-state index in [0.717, 1.165) is 0 Å². The minimum absolute atomic E-state index is 0.109. The Morgan fingerprint density at radius 2 is 2.00 bits per heavy atom. The summed E-state index contributed by atoms with van der Waals surface area (Å²) in [5.41, 5.74) is -0.412. The van der Waals surface area contributed by atoms with Gasteiger partial charge in [-0.15, -0.1) is 0 Å². The van der Waals surface area contributed by atoms with E-state index in [1.54, 1.807) is 13.0 Å². The quantitative estimate of drug-likeness (QED) is 0.871. The van der Waals surface area contributed by atoms with Gasteiger partial charge in [0.2, 0.25) is 0 Å². The maximum absolute atomic E-state index is 9.84. The fourth-order valence-electron chi connectivity index (χ4n) is 1.22. The first-order valence-electron chi connectivity index (χ1n) is 5.33. The van der Waals surface area contributed by atoms with E-state index in [-0.39, 0.29) is 13.2 Å². The van der Waals surface area contributed by atoms with Gasteiger partial charge in [-0.2, -0.15) is 0 Å². The Kier molecular flexibility index (Phi) is 5.07. The Balaban J connectivity index is 2.90. The average Bonchev–Trinajstić information content (AvgIpc) is 2.26. The average molecular weight is 279 g/mol. The largest absolute Gasteiger partial charge is 0.489 e. The lowest BCUT2D eigenvalue weighted by Crippen LogP contribution is -2.31. The van der Waals surface area contributed by atoms with Crippen molar-refractivity contribution in [3.63, 3.8) is 0 Å². The van der Waals surface area contributed by atoms with Crippen molar-refractivity contribution in [2.24, 2.45) is 0 Å². The predicted octanol–water partition coefficient (Wildman–Crippen LogP) is 3.03. The molecule has 17 heavy (non-hydrogen) atoms. The van der Waals surface area contributed by atoms with Crippen molar-refractivity contribution in [2.45, 2.75) is 32.5 Å². The number of aliphatic hydroxyl groups excluding tert-OH is 1. The highest BCUT2D eigenvalue weighted by atomic mass is 35.5. The molecule has 0 aliphatic carbocycles. The normalized spacial score (nSPS) is 14.5. The van der Waals surface area contributed by atoms with Gasteiger partial charge < -0.3 is 14.9 Å². The first kappa shape index (κ1) is 14.6. The van der Waals surface area contributed by atoms with Crippen LogP contribution in [-0.2, 0) is 6.61 Å². The highest BCUT2D eigenvalue weighted by Gasteiger charge is 2.20. The van der Waals surface area contributed by atoms with Crippen molar-refractivity contribution < 1.29 is 14.9 Å². The van der Waals surface area contributed by atoms with Crippen molar-refractivity contribution in [1.29, 1.82) is 0 Å². The van der Waals surface area contributed by atoms with E-state index in [4.69, 9.17) is 27.9 Å². The van der Waals surface area contributed by atoms with E-state index in [2.05, 4.69) is 0 Å². The third kappa shape index (κ3) is 4.03. The monoisotopic (exact) mass is 278 g/mol. The van der Waals surface area contributed by atoms with Crippen LogP contribution in [-0.4, -0.2) is 22.4 Å². The van der Waals surface area contributed by atoms with Crippen LogP contribution in [0.25, 0.3) is 0 Å². The second-order valence-electron chi connectivity index (χ2n) is 4.17. The molecule has 5 heteroatoms. The molecule has 0 saturated heterocycles. The number of aliphatic hydroxyl groups is 2. The number of hydrogen-bond donors (Lipinski definition) is 2. The van der Waals surface area contributed by atoms with Gasteiger partial charge in [0, 0.05) is 10.6 Å². The molecule has 2 N–H and O–H groups in total. The van der Waals surface area contributed by atoms with Gasteiger partial charge in [-0.3, -0.25) is 0 Å². The zero-order chi connectivity index (χ0) is 13.1. The summed E-state index contributed by atoms with van der Waals surface area (Å²) in [5.74, 6) is 0.368. The van der Waals surface area contributed by atoms with Crippen molar-refractivity contribution >= 4 is 23.2 Å². The highest BCUT2D eigenvalue weighted by molar-refractivity contribution is 6.35. The number of halogens is 2. The minimum Gasteiger partial charge on any atom is -0.489 e. The molecule has 0 fully saturated rings. The molecule has 0 aliphatic rings. The molecule has 1 aromatic carbocycles. The maximum Gasteiger partial charge on any atom is 0.143 e. The topological polar surface area (TPSA) is 49.7 Å². The predicted molar refractivity (Wildman–Crippen MR) is 68.8 cm³/mol. The van der Waals surface area contributed by atoms with Crippen molar-refractivity contribution in [3.05, 3.63) is 27.7 Å². The van der Waals surface area contributed by atoms with Crippen LogP contribution in [0.4, 0.5) is 0 Å². The third-order valence-electron chi connectivity index (χ3n) is 2.54. The number of rotatable bonds is 5. The lowest BCUT2D eigenvalue weighted by atomic mass is 10.1. The molecular formula is C12H16Cl2O3. The SMILES string of the molecule is CCC(C)(O)COc1c(Cl)cc(Cl)cc1CO. The molecule has 1 atom stereocenters. The van der Waals surface area contributed by atoms with Crippen molar-refractivity contribution in [1.82, 2.24) is 0 Å². The number of hydrogen-bond acceptors (Lipinski definition) is 3. The lowest BCUT2D eigenvalue weighted by molar-refractivity contribution is 0.00788. The van der Waals surface area contributed by atoms with E-state index >= 15 is 0 Å². The van der Waals surface area contributed by atoms with Crippen molar-refractivity contribution in [3.8, 4) is 5.75 Å². The summed E-state index contributed by atoms with van der Waals surface area (Å²) in [6.45, 7) is 3.43. The van der Waals surface area contributed by atoms with Crippen molar-refractivity contribution in [2.75, 3.05) is 6.61 Å². The minimum atomic E-state index is -0.921. The first-order chi connectivity index (χ1) is 7.89. The molecule has 0 amide bonds. The summed E-state index contributed by atoms with van der Waals surface area (Å²) in [5, 5.41) is 19.8. The van der Waals surface area contributed by atoms with Crippen LogP contribution in [0, 0.1) is 0 Å². The summed E-state index contributed by atoms with van der Waals surface area (Å²) in [6, 6.07) is 3.13. The van der Waals surface area contributed by atoms with Crippen LogP contribution in [0.5, 0.6) is 5.75 Å². The Bertz CT molecular complexity index is 392. The van der Waals surface area contributed by atoms with Gasteiger partial charge >= 0.3 is 0 Å². The van der Waals surface area contributed by atoms with Gasteiger partial charge in [0.25, 0.3) is 0 Å². The standard InChI is InChI=1S/C12H16Cl2O3/c1-3-12(2,16)7-17-11-8(6-15)4-9(13)5-10(11)14/h4-5,15-16H,3,6-7H2,1-2H3. The summed E-state index contributed by atoms with van der Waals surface area (Å²) in [6.07, 6.45) is 0.562. The van der Waals surface area contributed by atoms with E-state index in [1.165, 1.54) is 6.07 Å². The van der Waals surface area contributed by atoms with Crippen LogP contribution in [0.1, 0.15) is 25.8 Å². The molecule has 1 unspecified atom stereocenters. The molecule has 0 bridgehead atoms. The highest BCUT2D eigenvalue weighted by Crippen LogP contribution is 2.33. The molecule has 0 aliphatic heterocycles. The van der Waals surface area contributed by atoms with Gasteiger partial charge in [0.1, 0.15) is 12.4 Å². The zero-order valence-electron chi connectivity index (χ0n) is 9.83. The van der Waals surface area contributed by atoms with Gasteiger partial charge in [-0.1, -0.05) is 30.1 Å². The number of ether oxygens (including phenoxy) is 1. The Morgan fingerprint density at radius 1 is 1.35 bits per heavy atom.